The Hall–Kier alpha value is -2.66. The van der Waals surface area contributed by atoms with Crippen LogP contribution in [0, 0.1) is 0 Å². The van der Waals surface area contributed by atoms with Gasteiger partial charge in [-0.2, -0.15) is 0 Å². The fourth-order valence-corrected chi connectivity index (χ4v) is 4.32. The summed E-state index contributed by atoms with van der Waals surface area (Å²) in [6, 6.07) is 27.6. The van der Waals surface area contributed by atoms with E-state index in [1.165, 1.54) is 0 Å². The average molecular weight is 418 g/mol. The second-order valence-electron chi connectivity index (χ2n) is 8.46. The van der Waals surface area contributed by atoms with Crippen molar-refractivity contribution in [3.05, 3.63) is 102 Å². The third kappa shape index (κ3) is 5.16. The van der Waals surface area contributed by atoms with Crippen LogP contribution >= 0.6 is 0 Å². The van der Waals surface area contributed by atoms with Crippen molar-refractivity contribution in [2.24, 2.45) is 0 Å². The molecule has 0 aromatic heterocycles. The van der Waals surface area contributed by atoms with Gasteiger partial charge in [0.05, 0.1) is 11.7 Å². The highest BCUT2D eigenvalue weighted by molar-refractivity contribution is 5.30. The lowest BCUT2D eigenvalue weighted by Crippen LogP contribution is -2.47. The first kappa shape index (κ1) is 21.6. The predicted octanol–water partition coefficient (Wildman–Crippen LogP) is 4.67. The van der Waals surface area contributed by atoms with Gasteiger partial charge in [0.2, 0.25) is 0 Å². The van der Waals surface area contributed by atoms with Crippen molar-refractivity contribution < 1.29 is 14.9 Å². The van der Waals surface area contributed by atoms with E-state index in [1.54, 1.807) is 0 Å². The van der Waals surface area contributed by atoms with E-state index in [1.807, 2.05) is 84.9 Å². The van der Waals surface area contributed by atoms with Crippen LogP contribution < -0.4 is 4.74 Å². The lowest BCUT2D eigenvalue weighted by atomic mass is 9.83. The summed E-state index contributed by atoms with van der Waals surface area (Å²) >= 11 is 0. The van der Waals surface area contributed by atoms with E-state index in [9.17, 15) is 10.2 Å². The second kappa shape index (κ2) is 9.65. The van der Waals surface area contributed by atoms with Crippen LogP contribution in [0.1, 0.15) is 42.6 Å². The van der Waals surface area contributed by atoms with E-state index in [0.717, 1.165) is 35.5 Å². The van der Waals surface area contributed by atoms with Gasteiger partial charge in [-0.3, -0.25) is 4.90 Å². The molecule has 4 heteroatoms. The molecule has 0 unspecified atom stereocenters. The molecule has 2 N–H and O–H groups in total. The van der Waals surface area contributed by atoms with E-state index in [4.69, 9.17) is 4.74 Å². The number of aliphatic hydroxyl groups is 2. The van der Waals surface area contributed by atoms with Crippen molar-refractivity contribution in [1.29, 1.82) is 0 Å². The van der Waals surface area contributed by atoms with E-state index in [2.05, 4.69) is 11.8 Å². The van der Waals surface area contributed by atoms with Gasteiger partial charge in [0.25, 0.3) is 0 Å². The highest BCUT2D eigenvalue weighted by atomic mass is 16.5. The number of piperidine rings is 1. The number of benzene rings is 3. The number of hydrogen-bond donors (Lipinski definition) is 2. The van der Waals surface area contributed by atoms with Crippen LogP contribution in [-0.4, -0.2) is 34.2 Å². The largest absolute Gasteiger partial charge is 0.489 e. The summed E-state index contributed by atoms with van der Waals surface area (Å²) in [5.74, 6) is 0.790. The van der Waals surface area contributed by atoms with Crippen molar-refractivity contribution in [2.45, 2.75) is 44.1 Å². The molecule has 4 rings (SSSR count). The van der Waals surface area contributed by atoms with Crippen LogP contribution in [0.15, 0.2) is 84.9 Å². The Balaban J connectivity index is 1.32. The van der Waals surface area contributed by atoms with Crippen molar-refractivity contribution in [1.82, 2.24) is 4.90 Å². The normalized spacial score (nSPS) is 18.3. The highest BCUT2D eigenvalue weighted by Crippen LogP contribution is 2.35. The smallest absolute Gasteiger partial charge is 0.119 e. The first-order valence-corrected chi connectivity index (χ1v) is 11.0. The molecule has 1 fully saturated rings. The minimum absolute atomic E-state index is 0.0311. The van der Waals surface area contributed by atoms with E-state index in [-0.39, 0.29) is 6.04 Å². The van der Waals surface area contributed by atoms with Gasteiger partial charge in [-0.1, -0.05) is 72.8 Å². The Morgan fingerprint density at radius 3 is 2.06 bits per heavy atom. The Kier molecular flexibility index (Phi) is 6.71. The molecule has 1 saturated heterocycles. The molecule has 3 aromatic rings. The maximum absolute atomic E-state index is 11.1. The molecule has 1 heterocycles. The SMILES string of the molecule is C[C@@H]([C@H](O)c1ccc(OCc2ccccc2)cc1)N1CCC(O)(c2ccccc2)CC1. The van der Waals surface area contributed by atoms with Gasteiger partial charge in [0.15, 0.2) is 0 Å². The van der Waals surface area contributed by atoms with Crippen molar-refractivity contribution in [2.75, 3.05) is 13.1 Å². The lowest BCUT2D eigenvalue weighted by Gasteiger charge is -2.42. The third-order valence-electron chi connectivity index (χ3n) is 6.44. The average Bonchev–Trinajstić information content (AvgIpc) is 2.84. The monoisotopic (exact) mass is 417 g/mol. The standard InChI is InChI=1S/C27H31NO3/c1-21(28-18-16-27(30,17-19-28)24-10-6-3-7-11-24)26(29)23-12-14-25(15-13-23)31-20-22-8-4-2-5-9-22/h2-15,21,26,29-30H,16-20H2,1H3/t21-,26-/m0/s1. The number of aliphatic hydroxyl groups excluding tert-OH is 1. The van der Waals surface area contributed by atoms with Crippen LogP contribution in [-0.2, 0) is 12.2 Å². The Bertz CT molecular complexity index is 935. The molecule has 0 aliphatic carbocycles. The van der Waals surface area contributed by atoms with Crippen LogP contribution in [0.5, 0.6) is 5.75 Å². The summed E-state index contributed by atoms with van der Waals surface area (Å²) in [5, 5.41) is 22.0. The molecule has 1 aliphatic rings. The van der Waals surface area contributed by atoms with Crippen LogP contribution in [0.3, 0.4) is 0 Å². The molecule has 2 atom stereocenters. The number of nitrogens with zero attached hydrogens (tertiary/aromatic N) is 1. The lowest BCUT2D eigenvalue weighted by molar-refractivity contribution is -0.0501. The molecule has 0 spiro atoms. The van der Waals surface area contributed by atoms with Crippen LogP contribution in [0.2, 0.25) is 0 Å². The molecule has 162 valence electrons. The molecule has 4 nitrogen and oxygen atoms in total. The van der Waals surface area contributed by atoms with Gasteiger partial charge in [0, 0.05) is 19.1 Å². The molecule has 3 aromatic carbocycles. The predicted molar refractivity (Wildman–Crippen MR) is 123 cm³/mol. The van der Waals surface area contributed by atoms with Gasteiger partial charge in [-0.25, -0.2) is 0 Å². The zero-order chi connectivity index (χ0) is 21.7. The summed E-state index contributed by atoms with van der Waals surface area (Å²) in [7, 11) is 0. The first-order chi connectivity index (χ1) is 15.0. The minimum atomic E-state index is -0.778. The maximum Gasteiger partial charge on any atom is 0.119 e. The zero-order valence-electron chi connectivity index (χ0n) is 18.0. The quantitative estimate of drug-likeness (QED) is 0.587. The van der Waals surface area contributed by atoms with Gasteiger partial charge >= 0.3 is 0 Å². The van der Waals surface area contributed by atoms with Gasteiger partial charge in [-0.15, -0.1) is 0 Å². The molecule has 0 bridgehead atoms. The van der Waals surface area contributed by atoms with Crippen LogP contribution in [0.4, 0.5) is 0 Å². The Morgan fingerprint density at radius 2 is 1.45 bits per heavy atom. The number of rotatable bonds is 7. The summed E-state index contributed by atoms with van der Waals surface area (Å²) in [5.41, 5.74) is 2.21. The van der Waals surface area contributed by atoms with E-state index >= 15 is 0 Å². The van der Waals surface area contributed by atoms with Crippen molar-refractivity contribution in [3.8, 4) is 5.75 Å². The number of likely N-dealkylation sites (tertiary alicyclic amines) is 1. The molecule has 0 radical (unpaired) electrons. The van der Waals surface area contributed by atoms with Gasteiger partial charge in [-0.05, 0) is 48.6 Å². The summed E-state index contributed by atoms with van der Waals surface area (Å²) < 4.78 is 5.85. The van der Waals surface area contributed by atoms with Crippen LogP contribution in [0.25, 0.3) is 0 Å². The first-order valence-electron chi connectivity index (χ1n) is 11.0. The highest BCUT2D eigenvalue weighted by Gasteiger charge is 2.36. The Labute approximate surface area is 184 Å². The molecule has 0 amide bonds. The second-order valence-corrected chi connectivity index (χ2v) is 8.46. The summed E-state index contributed by atoms with van der Waals surface area (Å²) in [4.78, 5) is 2.27. The van der Waals surface area contributed by atoms with Crippen molar-refractivity contribution in [3.63, 3.8) is 0 Å². The fraction of sp³-hybridized carbons (Fsp3) is 0.333. The van der Waals surface area contributed by atoms with Gasteiger partial charge < -0.3 is 14.9 Å². The molecule has 1 aliphatic heterocycles. The maximum atomic E-state index is 11.1. The minimum Gasteiger partial charge on any atom is -0.489 e. The molecular weight excluding hydrogens is 386 g/mol. The third-order valence-corrected chi connectivity index (χ3v) is 6.44. The number of hydrogen-bond acceptors (Lipinski definition) is 4. The van der Waals surface area contributed by atoms with E-state index < -0.39 is 11.7 Å². The van der Waals surface area contributed by atoms with Gasteiger partial charge in [0.1, 0.15) is 12.4 Å². The fourth-order valence-electron chi connectivity index (χ4n) is 4.32. The van der Waals surface area contributed by atoms with E-state index in [0.29, 0.717) is 19.4 Å². The molecule has 31 heavy (non-hydrogen) atoms. The Morgan fingerprint density at radius 1 is 0.871 bits per heavy atom. The van der Waals surface area contributed by atoms with Crippen molar-refractivity contribution >= 4 is 0 Å². The number of ether oxygens (including phenoxy) is 1. The zero-order valence-corrected chi connectivity index (χ0v) is 18.0. The molecular formula is C27H31NO3. The summed E-state index contributed by atoms with van der Waals surface area (Å²) in [6.07, 6.45) is 0.742. The summed E-state index contributed by atoms with van der Waals surface area (Å²) in [6.45, 7) is 4.08. The topological polar surface area (TPSA) is 52.9 Å². The molecule has 0 saturated carbocycles.